The van der Waals surface area contributed by atoms with Crippen molar-refractivity contribution in [2.24, 2.45) is 0 Å². The molecule has 4 heteroatoms. The Bertz CT molecular complexity index is 603. The van der Waals surface area contributed by atoms with Gasteiger partial charge >= 0.3 is 0 Å². The first kappa shape index (κ1) is 14.0. The molecule has 100 valence electrons. The lowest BCUT2D eigenvalue weighted by molar-refractivity contribution is 0.219. The van der Waals surface area contributed by atoms with Gasteiger partial charge < -0.3 is 5.11 Å². The van der Waals surface area contributed by atoms with Crippen LogP contribution in [0.5, 0.6) is 0 Å². The van der Waals surface area contributed by atoms with Gasteiger partial charge in [0, 0.05) is 5.56 Å². The molecule has 0 heterocycles. The Morgan fingerprint density at radius 3 is 2.26 bits per heavy atom. The van der Waals surface area contributed by atoms with E-state index in [1.807, 2.05) is 0 Å². The molecule has 0 aromatic heterocycles. The van der Waals surface area contributed by atoms with Crippen molar-refractivity contribution in [2.75, 3.05) is 0 Å². The summed E-state index contributed by atoms with van der Waals surface area (Å²) in [5.41, 5.74) is 1.62. The van der Waals surface area contributed by atoms with E-state index in [1.165, 1.54) is 24.3 Å². The summed E-state index contributed by atoms with van der Waals surface area (Å²) in [6.45, 7) is 3.23. The van der Waals surface area contributed by atoms with Crippen LogP contribution in [0.15, 0.2) is 30.3 Å². The fraction of sp³-hybridized carbons (Fsp3) is 0.200. The monoisotopic (exact) mass is 282 g/mol. The standard InChI is InChI=1S/C15H13ClF2O/c1-8-6-10(7-9(2)14(8)18)15(19)11-4-3-5-12(17)13(11)16/h3-7,15,19H,1-2H3. The summed E-state index contributed by atoms with van der Waals surface area (Å²) in [7, 11) is 0. The van der Waals surface area contributed by atoms with Gasteiger partial charge in [-0.15, -0.1) is 0 Å². The van der Waals surface area contributed by atoms with E-state index in [4.69, 9.17) is 11.6 Å². The normalized spacial score (nSPS) is 12.5. The smallest absolute Gasteiger partial charge is 0.142 e. The first-order chi connectivity index (χ1) is 8.91. The Balaban J connectivity index is 2.50. The number of hydrogen-bond acceptors (Lipinski definition) is 1. The Morgan fingerprint density at radius 1 is 1.11 bits per heavy atom. The van der Waals surface area contributed by atoms with Crippen LogP contribution in [0.1, 0.15) is 28.4 Å². The van der Waals surface area contributed by atoms with E-state index in [9.17, 15) is 13.9 Å². The van der Waals surface area contributed by atoms with Gasteiger partial charge in [0.2, 0.25) is 0 Å². The molecule has 2 rings (SSSR count). The summed E-state index contributed by atoms with van der Waals surface area (Å²) in [4.78, 5) is 0. The van der Waals surface area contributed by atoms with Crippen LogP contribution in [0.3, 0.4) is 0 Å². The molecule has 19 heavy (non-hydrogen) atoms. The molecular formula is C15H13ClF2O. The number of rotatable bonds is 2. The van der Waals surface area contributed by atoms with Gasteiger partial charge in [-0.25, -0.2) is 8.78 Å². The summed E-state index contributed by atoms with van der Waals surface area (Å²) in [5.74, 6) is -0.893. The fourth-order valence-electron chi connectivity index (χ4n) is 2.05. The molecule has 0 bridgehead atoms. The predicted molar refractivity (Wildman–Crippen MR) is 71.3 cm³/mol. The number of aliphatic hydroxyl groups is 1. The zero-order valence-corrected chi connectivity index (χ0v) is 11.3. The third-order valence-electron chi connectivity index (χ3n) is 3.05. The fourth-order valence-corrected chi connectivity index (χ4v) is 2.28. The van der Waals surface area contributed by atoms with E-state index in [1.54, 1.807) is 19.9 Å². The van der Waals surface area contributed by atoms with Crippen molar-refractivity contribution < 1.29 is 13.9 Å². The van der Waals surface area contributed by atoms with Crippen molar-refractivity contribution in [1.29, 1.82) is 0 Å². The van der Waals surface area contributed by atoms with E-state index >= 15 is 0 Å². The maximum absolute atomic E-state index is 13.6. The van der Waals surface area contributed by atoms with Crippen molar-refractivity contribution in [2.45, 2.75) is 20.0 Å². The van der Waals surface area contributed by atoms with E-state index in [0.717, 1.165) is 0 Å². The predicted octanol–water partition coefficient (Wildman–Crippen LogP) is 4.32. The highest BCUT2D eigenvalue weighted by Gasteiger charge is 2.18. The minimum absolute atomic E-state index is 0.116. The largest absolute Gasteiger partial charge is 0.384 e. The topological polar surface area (TPSA) is 20.2 Å². The summed E-state index contributed by atoms with van der Waals surface area (Å²) < 4.78 is 26.9. The Labute approximate surface area is 115 Å². The van der Waals surface area contributed by atoms with Gasteiger partial charge in [0.25, 0.3) is 0 Å². The van der Waals surface area contributed by atoms with Crippen molar-refractivity contribution in [3.05, 3.63) is 69.2 Å². The molecule has 1 N–H and O–H groups in total. The van der Waals surface area contributed by atoms with E-state index in [0.29, 0.717) is 16.7 Å². The van der Waals surface area contributed by atoms with Gasteiger partial charge in [0.1, 0.15) is 17.7 Å². The van der Waals surface area contributed by atoms with E-state index in [2.05, 4.69) is 0 Å². The SMILES string of the molecule is Cc1cc(C(O)c2cccc(F)c2Cl)cc(C)c1F. The molecule has 0 fully saturated rings. The molecule has 0 radical (unpaired) electrons. The van der Waals surface area contributed by atoms with Gasteiger partial charge in [-0.1, -0.05) is 35.9 Å². The molecule has 2 aromatic rings. The zero-order chi connectivity index (χ0) is 14.2. The highest BCUT2D eigenvalue weighted by molar-refractivity contribution is 6.31. The lowest BCUT2D eigenvalue weighted by atomic mass is 9.97. The third kappa shape index (κ3) is 2.62. The van der Waals surface area contributed by atoms with E-state index in [-0.39, 0.29) is 16.4 Å². The molecule has 1 unspecified atom stereocenters. The van der Waals surface area contributed by atoms with Crippen LogP contribution in [0, 0.1) is 25.5 Å². The minimum Gasteiger partial charge on any atom is -0.384 e. The molecule has 1 atom stereocenters. The number of halogens is 3. The quantitative estimate of drug-likeness (QED) is 0.870. The molecule has 0 aliphatic carbocycles. The Kier molecular flexibility index (Phi) is 3.88. The molecule has 1 nitrogen and oxygen atoms in total. The number of aliphatic hydroxyl groups excluding tert-OH is 1. The van der Waals surface area contributed by atoms with Crippen molar-refractivity contribution in [3.63, 3.8) is 0 Å². The summed E-state index contributed by atoms with van der Waals surface area (Å²) in [6.07, 6.45) is -1.08. The van der Waals surface area contributed by atoms with Crippen LogP contribution in [-0.4, -0.2) is 5.11 Å². The molecule has 2 aromatic carbocycles. The second-order valence-electron chi connectivity index (χ2n) is 4.51. The Morgan fingerprint density at radius 2 is 1.68 bits per heavy atom. The zero-order valence-electron chi connectivity index (χ0n) is 10.5. The van der Waals surface area contributed by atoms with Crippen molar-refractivity contribution in [1.82, 2.24) is 0 Å². The summed E-state index contributed by atoms with van der Waals surface area (Å²) in [5, 5.41) is 10.1. The second-order valence-corrected chi connectivity index (χ2v) is 4.89. The average molecular weight is 283 g/mol. The van der Waals surface area contributed by atoms with E-state index < -0.39 is 11.9 Å². The van der Waals surface area contributed by atoms with Crippen LogP contribution in [0.25, 0.3) is 0 Å². The van der Waals surface area contributed by atoms with Crippen molar-refractivity contribution in [3.8, 4) is 0 Å². The van der Waals surface area contributed by atoms with Gasteiger partial charge in [0.15, 0.2) is 0 Å². The number of benzene rings is 2. The van der Waals surface area contributed by atoms with Crippen LogP contribution in [0.2, 0.25) is 5.02 Å². The van der Waals surface area contributed by atoms with Crippen molar-refractivity contribution >= 4 is 11.6 Å². The maximum Gasteiger partial charge on any atom is 0.142 e. The third-order valence-corrected chi connectivity index (χ3v) is 3.45. The van der Waals surface area contributed by atoms with Crippen LogP contribution in [-0.2, 0) is 0 Å². The highest BCUT2D eigenvalue weighted by atomic mass is 35.5. The molecule has 0 aliphatic heterocycles. The summed E-state index contributed by atoms with van der Waals surface area (Å²) >= 11 is 5.84. The van der Waals surface area contributed by atoms with Gasteiger partial charge in [0.05, 0.1) is 5.02 Å². The highest BCUT2D eigenvalue weighted by Crippen LogP contribution is 2.31. The number of aryl methyl sites for hydroxylation is 2. The second kappa shape index (κ2) is 5.27. The molecule has 0 spiro atoms. The average Bonchev–Trinajstić information content (AvgIpc) is 2.38. The molecule has 0 aliphatic rings. The van der Waals surface area contributed by atoms with Crippen LogP contribution in [0.4, 0.5) is 8.78 Å². The minimum atomic E-state index is -1.08. The van der Waals surface area contributed by atoms with Gasteiger partial charge in [-0.2, -0.15) is 0 Å². The van der Waals surface area contributed by atoms with Gasteiger partial charge in [-0.05, 0) is 36.6 Å². The van der Waals surface area contributed by atoms with Crippen LogP contribution < -0.4 is 0 Å². The lowest BCUT2D eigenvalue weighted by Crippen LogP contribution is -2.03. The number of hydrogen-bond donors (Lipinski definition) is 1. The van der Waals surface area contributed by atoms with Gasteiger partial charge in [-0.3, -0.25) is 0 Å². The first-order valence-corrected chi connectivity index (χ1v) is 6.18. The first-order valence-electron chi connectivity index (χ1n) is 5.80. The molecule has 0 amide bonds. The van der Waals surface area contributed by atoms with Crippen LogP contribution >= 0.6 is 11.6 Å². The summed E-state index contributed by atoms with van der Waals surface area (Å²) in [6, 6.07) is 7.31. The maximum atomic E-state index is 13.6. The lowest BCUT2D eigenvalue weighted by Gasteiger charge is -2.15. The Hall–Kier alpha value is -1.45. The molecular weight excluding hydrogens is 270 g/mol. The molecule has 0 saturated carbocycles. The molecule has 0 saturated heterocycles.